The van der Waals surface area contributed by atoms with Crippen molar-refractivity contribution < 1.29 is 68.1 Å². The van der Waals surface area contributed by atoms with Crippen molar-refractivity contribution in [2.45, 2.75) is 26.5 Å². The van der Waals surface area contributed by atoms with Crippen LogP contribution in [0.1, 0.15) is 5.56 Å². The van der Waals surface area contributed by atoms with Gasteiger partial charge in [0.1, 0.15) is 33.4 Å². The molecule has 0 spiro atoms. The van der Waals surface area contributed by atoms with Crippen LogP contribution in [0.25, 0.3) is 10.8 Å². The van der Waals surface area contributed by atoms with Gasteiger partial charge in [-0.1, -0.05) is 5.04 Å². The van der Waals surface area contributed by atoms with E-state index < -0.39 is 46.7 Å². The third kappa shape index (κ3) is 11.5. The molecule has 0 fully saturated rings. The van der Waals surface area contributed by atoms with Gasteiger partial charge in [-0.3, -0.25) is 14.0 Å². The van der Waals surface area contributed by atoms with Crippen molar-refractivity contribution >= 4 is 93.4 Å². The summed E-state index contributed by atoms with van der Waals surface area (Å²) >= 11 is 1.28. The Bertz CT molecular complexity index is 2590. The number of hydrogen-bond acceptors (Lipinski definition) is 21. The van der Waals surface area contributed by atoms with E-state index in [1.54, 1.807) is 32.0 Å². The highest BCUT2D eigenvalue weighted by Gasteiger charge is 2.23. The van der Waals surface area contributed by atoms with Crippen molar-refractivity contribution in [2.24, 2.45) is 20.5 Å². The normalized spacial score (nSPS) is 12.4. The Labute approximate surface area is 328 Å². The molecule has 0 radical (unpaired) electrons. The summed E-state index contributed by atoms with van der Waals surface area (Å²) in [6.07, 6.45) is 1.93. The van der Waals surface area contributed by atoms with Gasteiger partial charge < -0.3 is 20.5 Å². The van der Waals surface area contributed by atoms with Gasteiger partial charge in [0.25, 0.3) is 10.1 Å². The van der Waals surface area contributed by atoms with E-state index in [2.05, 4.69) is 44.3 Å². The molecule has 4 aromatic rings. The quantitative estimate of drug-likeness (QED) is 0.0125. The molecule has 0 saturated heterocycles. The molecule has 6 N–H and O–H groups in total. The van der Waals surface area contributed by atoms with E-state index in [0.717, 1.165) is 30.0 Å². The molecule has 0 aliphatic carbocycles. The minimum atomic E-state index is -5.02. The molecule has 4 rings (SSSR count). The summed E-state index contributed by atoms with van der Waals surface area (Å²) in [7, 11) is -9.16. The van der Waals surface area contributed by atoms with E-state index in [0.29, 0.717) is 22.5 Å². The fraction of sp³-hybridized carbons (Fsp3) is 0.200. The number of benzene rings is 4. The second kappa shape index (κ2) is 18.5. The number of azo groups is 2. The number of nitrogen functional groups attached to an aromatic ring is 1. The summed E-state index contributed by atoms with van der Waals surface area (Å²) in [4.78, 5) is 5.00. The van der Waals surface area contributed by atoms with Gasteiger partial charge in [-0.05, 0) is 91.2 Å². The summed E-state index contributed by atoms with van der Waals surface area (Å²) in [6.45, 7) is 1.83. The summed E-state index contributed by atoms with van der Waals surface area (Å²) in [5.41, 5.74) is 6.20. The topological polar surface area (TPSA) is 308 Å². The van der Waals surface area contributed by atoms with Gasteiger partial charge in [-0.15, -0.1) is 24.8 Å². The zero-order valence-electron chi connectivity index (χ0n) is 29.2. The van der Waals surface area contributed by atoms with E-state index >= 15 is 0 Å². The lowest BCUT2D eigenvalue weighted by Crippen LogP contribution is -2.22. The molecule has 0 amide bonds. The molecular weight excluding hydrogens is 845 g/mol. The van der Waals surface area contributed by atoms with Crippen LogP contribution in [-0.2, 0) is 48.9 Å². The predicted octanol–water partition coefficient (Wildman–Crippen LogP) is 6.05. The number of nitrogens with zero attached hydrogens (tertiary/aromatic N) is 5. The van der Waals surface area contributed by atoms with Crippen LogP contribution >= 0.6 is 23.8 Å². The lowest BCUT2D eigenvalue weighted by molar-refractivity contribution is -0.432. The molecule has 0 aliphatic rings. The van der Waals surface area contributed by atoms with Crippen LogP contribution in [0.2, 0.25) is 0 Å². The van der Waals surface area contributed by atoms with Crippen LogP contribution in [-0.4, -0.2) is 83.1 Å². The molecule has 0 atom stereocenters. The molecule has 300 valence electrons. The van der Waals surface area contributed by atoms with Crippen molar-refractivity contribution in [1.82, 2.24) is 4.90 Å². The zero-order chi connectivity index (χ0) is 41.4. The smallest absolute Gasteiger partial charge is 0.433 e. The number of aromatic hydroxyl groups is 1. The Balaban J connectivity index is 1.77. The average molecular weight is 875 g/mol. The number of thioether (sulfide) groups is 1. The second-order valence-electron chi connectivity index (χ2n) is 11.2. The Kier molecular flexibility index (Phi) is 14.6. The zero-order valence-corrected chi connectivity index (χ0v) is 33.2. The number of methoxy groups -OCH3 is 1. The summed E-state index contributed by atoms with van der Waals surface area (Å²) in [6, 6.07) is 10.1. The highest BCUT2D eigenvalue weighted by atomic mass is 32.3. The second-order valence-corrected chi connectivity index (χ2v) is 17.3. The van der Waals surface area contributed by atoms with Gasteiger partial charge in [0, 0.05) is 27.5 Å². The third-order valence-electron chi connectivity index (χ3n) is 7.12. The molecule has 0 aromatic heterocycles. The number of phenols is 1. The number of rotatable bonds is 16. The van der Waals surface area contributed by atoms with E-state index in [1.807, 2.05) is 6.11 Å². The van der Waals surface area contributed by atoms with Gasteiger partial charge in [0.2, 0.25) is 0 Å². The van der Waals surface area contributed by atoms with Crippen LogP contribution in [0, 0.1) is 18.3 Å². The molecule has 26 heteroatoms. The van der Waals surface area contributed by atoms with Crippen molar-refractivity contribution in [1.29, 1.82) is 0 Å². The maximum atomic E-state index is 12.8. The number of sulfone groups is 1. The lowest BCUT2D eigenvalue weighted by Gasteiger charge is -2.12. The molecular formula is C30H30N6O15S5. The van der Waals surface area contributed by atoms with Crippen LogP contribution in [0.5, 0.6) is 11.5 Å². The van der Waals surface area contributed by atoms with Crippen molar-refractivity contribution in [3.05, 3.63) is 54.1 Å². The maximum absolute atomic E-state index is 12.8. The van der Waals surface area contributed by atoms with E-state index in [4.69, 9.17) is 20.3 Å². The average Bonchev–Trinajstić information content (AvgIpc) is 3.12. The van der Waals surface area contributed by atoms with E-state index in [1.165, 1.54) is 31.4 Å². The highest BCUT2D eigenvalue weighted by molar-refractivity contribution is 8.04. The summed E-state index contributed by atoms with van der Waals surface area (Å²) in [5.74, 6) is -0.647. The van der Waals surface area contributed by atoms with Crippen LogP contribution in [0.4, 0.5) is 28.4 Å². The van der Waals surface area contributed by atoms with Gasteiger partial charge in [-0.2, -0.15) is 16.8 Å². The first-order valence-electron chi connectivity index (χ1n) is 15.0. The third-order valence-corrected chi connectivity index (χ3v) is 11.4. The monoisotopic (exact) mass is 874 g/mol. The Morgan fingerprint density at radius 1 is 0.875 bits per heavy atom. The minimum absolute atomic E-state index is 0.0121. The molecule has 0 saturated carbocycles. The molecule has 4 aromatic carbocycles. The van der Waals surface area contributed by atoms with Crippen molar-refractivity contribution in [3.63, 3.8) is 0 Å². The van der Waals surface area contributed by atoms with E-state index in [9.17, 15) is 34.9 Å². The molecule has 56 heavy (non-hydrogen) atoms. The number of hydrogen-bond donors (Lipinski definition) is 5. The van der Waals surface area contributed by atoms with Gasteiger partial charge >= 0.3 is 10.4 Å². The van der Waals surface area contributed by atoms with Gasteiger partial charge in [0.05, 0.1) is 40.4 Å². The van der Waals surface area contributed by atoms with Crippen LogP contribution in [0.15, 0.2) is 88.6 Å². The Morgan fingerprint density at radius 2 is 1.57 bits per heavy atom. The standard InChI is InChI=1S/C30H30N6O15S5/c1-17-13-23(24(47-4)16-25(17)52-11-10-48-51-56(44,45)46)33-35-29-26(53-50-49-38)15-20-19(30(29)37)6-7-21(31)28(20)34-32-22-8-5-18(14-27(22)55(41,42)43)54(39,40)12-9-36(2)3/h5-8,13-16,37-38H,9,12,31H2,1-4H3,(H,41,42,43)(H,44,45,46). The number of aryl methyl sites for hydroxylation is 1. The van der Waals surface area contributed by atoms with E-state index in [-0.39, 0.29) is 61.4 Å². The van der Waals surface area contributed by atoms with Crippen LogP contribution < -0.4 is 10.5 Å². The molecule has 0 aliphatic heterocycles. The molecule has 0 bridgehead atoms. The maximum Gasteiger partial charge on any atom is 0.433 e. The largest absolute Gasteiger partial charge is 0.505 e. The number of ether oxygens (including phenoxy) is 1. The Morgan fingerprint density at radius 3 is 2.21 bits per heavy atom. The first kappa shape index (κ1) is 44.1. The first-order chi connectivity index (χ1) is 26.3. The molecule has 0 unspecified atom stereocenters. The minimum Gasteiger partial charge on any atom is -0.505 e. The fourth-order valence-electron chi connectivity index (χ4n) is 4.51. The number of phenolic OH excluding ortho intramolecular Hbond substituents is 1. The Hall–Kier alpha value is -4.63. The SMILES string of the molecule is COc1cc(SC#COOS(=O)(=O)O)c(C)cc1N=Nc1c(SOOO)cc2c(N=Nc3ccc(S(=O)(=O)CCN(C)C)cc3S(=O)(=O)O)c(N)ccc2c1O. The fourth-order valence-corrected chi connectivity index (χ4v) is 7.82. The van der Waals surface area contributed by atoms with Gasteiger partial charge in [0.15, 0.2) is 21.7 Å². The number of fused-ring (bicyclic) bond motifs is 1. The molecule has 0 heterocycles. The number of nitrogens with two attached hydrogens (primary N) is 1. The lowest BCUT2D eigenvalue weighted by atomic mass is 10.1. The summed E-state index contributed by atoms with van der Waals surface area (Å²) in [5, 5.41) is 43.1. The van der Waals surface area contributed by atoms with Crippen molar-refractivity contribution in [3.8, 4) is 22.9 Å². The first-order valence-corrected chi connectivity index (χ1v) is 21.0. The van der Waals surface area contributed by atoms with Crippen LogP contribution in [0.3, 0.4) is 0 Å². The van der Waals surface area contributed by atoms with Crippen molar-refractivity contribution in [2.75, 3.05) is 39.2 Å². The predicted molar refractivity (Wildman–Crippen MR) is 201 cm³/mol. The van der Waals surface area contributed by atoms with Gasteiger partial charge in [-0.25, -0.2) is 13.7 Å². The summed E-state index contributed by atoms with van der Waals surface area (Å²) < 4.78 is 104. The highest BCUT2D eigenvalue weighted by Crippen LogP contribution is 2.48. The number of anilines is 1. The molecule has 21 nitrogen and oxygen atoms in total.